The molecule has 0 saturated heterocycles. The van der Waals surface area contributed by atoms with Gasteiger partial charge in [-0.25, -0.2) is 9.78 Å². The molecule has 0 aromatic carbocycles. The van der Waals surface area contributed by atoms with Gasteiger partial charge in [-0.1, -0.05) is 37.8 Å². The Labute approximate surface area is 178 Å². The number of nitrogens with zero attached hydrogens (tertiary/aromatic N) is 2. The number of hydrogen-bond donors (Lipinski definition) is 1. The van der Waals surface area contributed by atoms with Gasteiger partial charge in [0.15, 0.2) is 5.76 Å². The number of hydrogen-bond acceptors (Lipinski definition) is 6. The van der Waals surface area contributed by atoms with E-state index in [1.54, 1.807) is 6.20 Å². The average Bonchev–Trinajstić information content (AvgIpc) is 3.14. The molecule has 1 N–H and O–H groups in total. The normalized spacial score (nSPS) is 14.5. The van der Waals surface area contributed by atoms with Gasteiger partial charge in [0, 0.05) is 5.56 Å². The van der Waals surface area contributed by atoms with Crippen LogP contribution in [0, 0.1) is 6.92 Å². The number of alkyl carbamates (subject to hydrolysis) is 1. The lowest BCUT2D eigenvalue weighted by Crippen LogP contribution is -2.24. The standard InChI is InChI=1S/C23H33N3O4/c1-3-4-5-9-14-28-23(27)25-16-20-17(2)26-30-22(20)21-13-12-19(15-24-21)29-18-10-7-6-8-11-18/h12-13,15,18H,3-11,14,16H2,1-2H3,(H,25,27). The molecule has 1 aliphatic rings. The number of pyridine rings is 1. The number of ether oxygens (including phenoxy) is 2. The van der Waals surface area contributed by atoms with Crippen molar-refractivity contribution in [3.63, 3.8) is 0 Å². The Morgan fingerprint density at radius 2 is 2.03 bits per heavy atom. The van der Waals surface area contributed by atoms with E-state index in [1.807, 2.05) is 19.1 Å². The zero-order valence-electron chi connectivity index (χ0n) is 18.1. The Balaban J connectivity index is 1.53. The third-order valence-electron chi connectivity index (χ3n) is 5.45. The monoisotopic (exact) mass is 415 g/mol. The third-order valence-corrected chi connectivity index (χ3v) is 5.45. The maximum atomic E-state index is 11.9. The summed E-state index contributed by atoms with van der Waals surface area (Å²) in [5.41, 5.74) is 2.18. The van der Waals surface area contributed by atoms with Crippen LogP contribution in [0.25, 0.3) is 11.5 Å². The summed E-state index contributed by atoms with van der Waals surface area (Å²) >= 11 is 0. The van der Waals surface area contributed by atoms with Crippen molar-refractivity contribution < 1.29 is 18.8 Å². The van der Waals surface area contributed by atoms with Gasteiger partial charge in [0.2, 0.25) is 0 Å². The van der Waals surface area contributed by atoms with Crippen LogP contribution in [-0.2, 0) is 11.3 Å². The van der Waals surface area contributed by atoms with Crippen molar-refractivity contribution in [1.82, 2.24) is 15.5 Å². The van der Waals surface area contributed by atoms with Crippen molar-refractivity contribution in [1.29, 1.82) is 0 Å². The lowest BCUT2D eigenvalue weighted by Gasteiger charge is -2.22. The van der Waals surface area contributed by atoms with Crippen LogP contribution < -0.4 is 10.1 Å². The van der Waals surface area contributed by atoms with Crippen molar-refractivity contribution in [2.45, 2.75) is 84.3 Å². The Bertz CT molecular complexity index is 782. The maximum absolute atomic E-state index is 11.9. The smallest absolute Gasteiger partial charge is 0.407 e. The van der Waals surface area contributed by atoms with Gasteiger partial charge in [0.25, 0.3) is 0 Å². The van der Waals surface area contributed by atoms with E-state index < -0.39 is 6.09 Å². The highest BCUT2D eigenvalue weighted by molar-refractivity contribution is 5.68. The molecule has 0 bridgehead atoms. The first-order valence-electron chi connectivity index (χ1n) is 11.2. The van der Waals surface area contributed by atoms with Gasteiger partial charge in [-0.05, 0) is 51.2 Å². The lowest BCUT2D eigenvalue weighted by molar-refractivity contribution is 0.143. The fraction of sp³-hybridized carbons (Fsp3) is 0.609. The van der Waals surface area contributed by atoms with Crippen molar-refractivity contribution in [3.05, 3.63) is 29.6 Å². The van der Waals surface area contributed by atoms with Crippen LogP contribution in [0.3, 0.4) is 0 Å². The zero-order valence-corrected chi connectivity index (χ0v) is 18.1. The second-order valence-corrected chi connectivity index (χ2v) is 7.88. The third kappa shape index (κ3) is 6.47. The number of carbonyl (C=O) groups is 1. The Hall–Kier alpha value is -2.57. The minimum Gasteiger partial charge on any atom is -0.489 e. The summed E-state index contributed by atoms with van der Waals surface area (Å²) in [6.07, 6.45) is 11.8. The van der Waals surface area contributed by atoms with E-state index in [2.05, 4.69) is 22.4 Å². The highest BCUT2D eigenvalue weighted by Crippen LogP contribution is 2.27. The number of carbonyl (C=O) groups excluding carboxylic acids is 1. The van der Waals surface area contributed by atoms with Crippen LogP contribution in [-0.4, -0.2) is 28.9 Å². The molecule has 0 spiro atoms. The van der Waals surface area contributed by atoms with E-state index in [0.29, 0.717) is 18.1 Å². The van der Waals surface area contributed by atoms with Gasteiger partial charge >= 0.3 is 6.09 Å². The van der Waals surface area contributed by atoms with E-state index in [1.165, 1.54) is 19.3 Å². The van der Waals surface area contributed by atoms with Crippen LogP contribution in [0.5, 0.6) is 5.75 Å². The molecule has 3 rings (SSSR count). The molecule has 0 unspecified atom stereocenters. The molecule has 0 aliphatic heterocycles. The minimum atomic E-state index is -0.428. The second kappa shape index (κ2) is 11.6. The molecule has 164 valence electrons. The molecule has 1 fully saturated rings. The van der Waals surface area contributed by atoms with E-state index >= 15 is 0 Å². The second-order valence-electron chi connectivity index (χ2n) is 7.88. The van der Waals surface area contributed by atoms with Crippen molar-refractivity contribution >= 4 is 6.09 Å². The van der Waals surface area contributed by atoms with Gasteiger partial charge in [0.05, 0.1) is 31.1 Å². The van der Waals surface area contributed by atoms with Crippen LogP contribution in [0.4, 0.5) is 4.79 Å². The van der Waals surface area contributed by atoms with Gasteiger partial charge in [-0.15, -0.1) is 0 Å². The van der Waals surface area contributed by atoms with Crippen LogP contribution in [0.2, 0.25) is 0 Å². The fourth-order valence-electron chi connectivity index (χ4n) is 3.66. The SMILES string of the molecule is CCCCCCOC(=O)NCc1c(C)noc1-c1ccc(OC2CCCCC2)cn1. The van der Waals surface area contributed by atoms with E-state index in [9.17, 15) is 4.79 Å². The molecule has 1 aliphatic carbocycles. The molecule has 1 amide bonds. The quantitative estimate of drug-likeness (QED) is 0.511. The molecule has 7 heteroatoms. The number of aryl methyl sites for hydroxylation is 1. The van der Waals surface area contributed by atoms with Crippen LogP contribution in [0.15, 0.2) is 22.9 Å². The van der Waals surface area contributed by atoms with Crippen molar-refractivity contribution in [2.75, 3.05) is 6.61 Å². The van der Waals surface area contributed by atoms with E-state index in [-0.39, 0.29) is 12.6 Å². The molecule has 30 heavy (non-hydrogen) atoms. The fourth-order valence-corrected chi connectivity index (χ4v) is 3.66. The highest BCUT2D eigenvalue weighted by Gasteiger charge is 2.18. The molecule has 2 heterocycles. The molecule has 2 aromatic rings. The van der Waals surface area contributed by atoms with Crippen molar-refractivity contribution in [2.24, 2.45) is 0 Å². The van der Waals surface area contributed by atoms with Crippen molar-refractivity contribution in [3.8, 4) is 17.2 Å². The van der Waals surface area contributed by atoms with Crippen LogP contribution >= 0.6 is 0 Å². The Kier molecular flexibility index (Phi) is 8.53. The van der Waals surface area contributed by atoms with Gasteiger partial charge in [-0.3, -0.25) is 0 Å². The van der Waals surface area contributed by atoms with Gasteiger partial charge < -0.3 is 19.3 Å². The minimum absolute atomic E-state index is 0.278. The summed E-state index contributed by atoms with van der Waals surface area (Å²) in [5.74, 6) is 1.33. The summed E-state index contributed by atoms with van der Waals surface area (Å²) in [4.78, 5) is 16.4. The summed E-state index contributed by atoms with van der Waals surface area (Å²) in [6.45, 7) is 4.71. The number of rotatable bonds is 10. The summed E-state index contributed by atoms with van der Waals surface area (Å²) in [7, 11) is 0. The topological polar surface area (TPSA) is 86.5 Å². The molecular weight excluding hydrogens is 382 g/mol. The zero-order chi connectivity index (χ0) is 21.2. The molecule has 1 saturated carbocycles. The average molecular weight is 416 g/mol. The molecule has 7 nitrogen and oxygen atoms in total. The number of aromatic nitrogens is 2. The Morgan fingerprint density at radius 1 is 1.20 bits per heavy atom. The molecule has 0 radical (unpaired) electrons. The maximum Gasteiger partial charge on any atom is 0.407 e. The van der Waals surface area contributed by atoms with E-state index in [4.69, 9.17) is 14.0 Å². The molecule has 2 aromatic heterocycles. The number of nitrogens with one attached hydrogen (secondary N) is 1. The van der Waals surface area contributed by atoms with E-state index in [0.717, 1.165) is 55.5 Å². The Morgan fingerprint density at radius 3 is 2.77 bits per heavy atom. The van der Waals surface area contributed by atoms with Gasteiger partial charge in [0.1, 0.15) is 11.4 Å². The van der Waals surface area contributed by atoms with Gasteiger partial charge in [-0.2, -0.15) is 0 Å². The molecule has 0 atom stereocenters. The summed E-state index contributed by atoms with van der Waals surface area (Å²) in [5, 5.41) is 6.82. The number of amides is 1. The first-order valence-corrected chi connectivity index (χ1v) is 11.2. The predicted molar refractivity (Wildman–Crippen MR) is 114 cm³/mol. The summed E-state index contributed by atoms with van der Waals surface area (Å²) in [6, 6.07) is 3.78. The molecular formula is C23H33N3O4. The highest BCUT2D eigenvalue weighted by atomic mass is 16.5. The number of unbranched alkanes of at least 4 members (excludes halogenated alkanes) is 3. The lowest BCUT2D eigenvalue weighted by atomic mass is 9.98. The van der Waals surface area contributed by atoms with Crippen LogP contribution in [0.1, 0.15) is 76.0 Å². The largest absolute Gasteiger partial charge is 0.489 e. The first-order chi connectivity index (χ1) is 14.7. The first kappa shape index (κ1) is 22.1. The predicted octanol–water partition coefficient (Wildman–Crippen LogP) is 5.56. The summed E-state index contributed by atoms with van der Waals surface area (Å²) < 4.78 is 16.8.